The second kappa shape index (κ2) is 8.24. The number of nitrogens with zero attached hydrogens (tertiary/aromatic N) is 6. The topological polar surface area (TPSA) is 168 Å². The van der Waals surface area contributed by atoms with Crippen molar-refractivity contribution < 1.29 is 15.6 Å². The Kier molecular flexibility index (Phi) is 5.74. The lowest BCUT2D eigenvalue weighted by molar-refractivity contribution is 0.0294. The summed E-state index contributed by atoms with van der Waals surface area (Å²) in [7, 11) is 1.36. The maximum Gasteiger partial charge on any atom is 0.124 e. The first kappa shape index (κ1) is 20.2. The molecule has 0 aliphatic rings. The van der Waals surface area contributed by atoms with Crippen LogP contribution in [0, 0.1) is 15.6 Å². The second-order valence-electron chi connectivity index (χ2n) is 5.84. The van der Waals surface area contributed by atoms with Crippen molar-refractivity contribution in [3.05, 3.63) is 69.8 Å². The molecule has 0 aliphatic carbocycles. The van der Waals surface area contributed by atoms with E-state index in [-0.39, 0.29) is 5.69 Å². The first-order chi connectivity index (χ1) is 13.8. The normalized spacial score (nSPS) is 11.1. The summed E-state index contributed by atoms with van der Waals surface area (Å²) in [6.45, 7) is 0. The maximum atomic E-state index is 11.5. The quantitative estimate of drug-likeness (QED) is 0.411. The van der Waals surface area contributed by atoms with Gasteiger partial charge in [0, 0.05) is 29.9 Å². The highest BCUT2D eigenvalue weighted by Gasteiger charge is 2.19. The van der Waals surface area contributed by atoms with Crippen molar-refractivity contribution in [3.63, 3.8) is 0 Å². The van der Waals surface area contributed by atoms with Crippen LogP contribution < -0.4 is 20.7 Å². The van der Waals surface area contributed by atoms with E-state index in [0.717, 1.165) is 22.5 Å². The largest absolute Gasteiger partial charge is 0.769 e. The van der Waals surface area contributed by atoms with Crippen LogP contribution in [0.2, 0.25) is 0 Å². The summed E-state index contributed by atoms with van der Waals surface area (Å²) in [5, 5.41) is 66.1. The molecule has 29 heavy (non-hydrogen) atoms. The first-order valence-electron chi connectivity index (χ1n) is 8.07. The van der Waals surface area contributed by atoms with Crippen LogP contribution in [0.3, 0.4) is 0 Å². The van der Waals surface area contributed by atoms with Gasteiger partial charge in [-0.15, -0.1) is 5.23 Å². The average molecular weight is 399 g/mol. The average Bonchev–Trinajstić information content (AvgIpc) is 2.70. The van der Waals surface area contributed by atoms with Crippen molar-refractivity contribution in [2.45, 2.75) is 0 Å². The molecule has 3 rings (SSSR count). The van der Waals surface area contributed by atoms with E-state index in [1.54, 1.807) is 24.4 Å². The van der Waals surface area contributed by atoms with Gasteiger partial charge in [0.25, 0.3) is 0 Å². The van der Waals surface area contributed by atoms with Crippen LogP contribution in [0.5, 0.6) is 0 Å². The molecule has 1 heterocycles. The minimum atomic E-state index is -0.852. The summed E-state index contributed by atoms with van der Waals surface area (Å²) in [6.07, 6.45) is 3.03. The van der Waals surface area contributed by atoms with Crippen LogP contribution in [-0.2, 0) is 0 Å². The Hall–Kier alpha value is -3.52. The van der Waals surface area contributed by atoms with E-state index in [0.29, 0.717) is 11.1 Å². The Labute approximate surface area is 164 Å². The van der Waals surface area contributed by atoms with Gasteiger partial charge >= 0.3 is 0 Å². The Morgan fingerprint density at radius 3 is 2.34 bits per heavy atom. The zero-order valence-corrected chi connectivity index (χ0v) is 14.9. The van der Waals surface area contributed by atoms with Gasteiger partial charge in [-0.25, -0.2) is 0 Å². The van der Waals surface area contributed by atoms with Gasteiger partial charge in [0.1, 0.15) is 11.4 Å². The van der Waals surface area contributed by atoms with Crippen LogP contribution >= 0.6 is 0 Å². The Morgan fingerprint density at radius 2 is 1.69 bits per heavy atom. The summed E-state index contributed by atoms with van der Waals surface area (Å²) in [5.74, 6) is 0. The second-order valence-corrected chi connectivity index (χ2v) is 5.84. The third kappa shape index (κ3) is 4.17. The standard InChI is InChI=1S/C17H15N6O6/c1-20(19-10-12-5-2-4-11-6-3-7-18-16(11)12)17-14(22(26)27)8-13(21(24)25)9-15(17)23(28)29/h2-10,26-28H,1H3/q-3/b19-10+. The van der Waals surface area contributed by atoms with Crippen LogP contribution in [0.4, 0.5) is 22.7 Å². The molecule has 0 fully saturated rings. The van der Waals surface area contributed by atoms with Crippen LogP contribution in [-0.4, -0.2) is 33.9 Å². The number of anilines is 4. The van der Waals surface area contributed by atoms with Gasteiger partial charge in [0.05, 0.1) is 17.4 Å². The number of para-hydroxylation sites is 1. The predicted molar refractivity (Wildman–Crippen MR) is 107 cm³/mol. The Bertz CT molecular complexity index is 1010. The van der Waals surface area contributed by atoms with E-state index in [1.165, 1.54) is 13.3 Å². The zero-order valence-electron chi connectivity index (χ0n) is 14.9. The van der Waals surface area contributed by atoms with Gasteiger partial charge in [-0.05, 0) is 18.2 Å². The molecule has 0 bridgehead atoms. The van der Waals surface area contributed by atoms with Crippen LogP contribution in [0.25, 0.3) is 10.9 Å². The number of hydrogen-bond acceptors (Lipinski definition) is 12. The van der Waals surface area contributed by atoms with Crippen molar-refractivity contribution >= 4 is 39.9 Å². The fraction of sp³-hybridized carbons (Fsp3) is 0.0588. The van der Waals surface area contributed by atoms with E-state index in [1.807, 2.05) is 12.1 Å². The number of hydrogen-bond donors (Lipinski definition) is 3. The van der Waals surface area contributed by atoms with Crippen molar-refractivity contribution in [1.82, 2.24) is 4.98 Å². The van der Waals surface area contributed by atoms with Crippen molar-refractivity contribution in [2.24, 2.45) is 5.10 Å². The van der Waals surface area contributed by atoms with E-state index in [4.69, 9.17) is 0 Å². The number of hydrazone groups is 1. The first-order valence-corrected chi connectivity index (χ1v) is 8.07. The zero-order chi connectivity index (χ0) is 21.1. The number of rotatable bonds is 6. The molecule has 1 aromatic heterocycles. The van der Waals surface area contributed by atoms with Crippen LogP contribution in [0.15, 0.2) is 53.8 Å². The predicted octanol–water partition coefficient (Wildman–Crippen LogP) is 2.79. The number of fused-ring (bicyclic) bond motifs is 1. The van der Waals surface area contributed by atoms with E-state index in [2.05, 4.69) is 10.1 Å². The van der Waals surface area contributed by atoms with Gasteiger partial charge in [0.15, 0.2) is 0 Å². The molecule has 0 spiro atoms. The summed E-state index contributed by atoms with van der Waals surface area (Å²) in [6, 6.07) is 10.7. The van der Waals surface area contributed by atoms with E-state index < -0.39 is 32.7 Å². The summed E-state index contributed by atoms with van der Waals surface area (Å²) < 4.78 is 0. The molecule has 2 aromatic carbocycles. The van der Waals surface area contributed by atoms with Gasteiger partial charge in [-0.1, -0.05) is 24.3 Å². The molecule has 0 unspecified atom stereocenters. The molecule has 0 radical (unpaired) electrons. The monoisotopic (exact) mass is 399 g/mol. The minimum absolute atomic E-state index is 0.289. The number of benzene rings is 2. The van der Waals surface area contributed by atoms with Crippen molar-refractivity contribution in [1.29, 1.82) is 0 Å². The summed E-state index contributed by atoms with van der Waals surface area (Å²) in [4.78, 5) is 4.28. The lowest BCUT2D eigenvalue weighted by Crippen LogP contribution is -2.22. The molecule has 3 aromatic rings. The molecular weight excluding hydrogens is 384 g/mol. The molecular formula is C17H15N6O6-3. The molecule has 0 saturated heterocycles. The molecule has 3 N–H and O–H groups in total. The highest BCUT2D eigenvalue weighted by atomic mass is 16.8. The fourth-order valence-corrected chi connectivity index (χ4v) is 2.76. The molecule has 152 valence electrons. The highest BCUT2D eigenvalue weighted by Crippen LogP contribution is 2.41. The Morgan fingerprint density at radius 1 is 1.00 bits per heavy atom. The number of aromatic nitrogens is 1. The third-order valence-corrected chi connectivity index (χ3v) is 4.04. The van der Waals surface area contributed by atoms with Gasteiger partial charge < -0.3 is 26.1 Å². The van der Waals surface area contributed by atoms with Crippen molar-refractivity contribution in [2.75, 3.05) is 27.7 Å². The highest BCUT2D eigenvalue weighted by molar-refractivity contribution is 5.98. The molecule has 12 nitrogen and oxygen atoms in total. The maximum absolute atomic E-state index is 11.5. The van der Waals surface area contributed by atoms with Gasteiger partial charge in [-0.3, -0.25) is 25.6 Å². The number of pyridine rings is 1. The molecule has 0 saturated carbocycles. The summed E-state index contributed by atoms with van der Waals surface area (Å²) >= 11 is 0. The molecule has 0 amide bonds. The van der Waals surface area contributed by atoms with Crippen LogP contribution in [0.1, 0.15) is 5.56 Å². The van der Waals surface area contributed by atoms with E-state index in [9.17, 15) is 31.2 Å². The summed E-state index contributed by atoms with van der Waals surface area (Å²) in [5.41, 5.74) is -0.791. The smallest absolute Gasteiger partial charge is 0.124 e. The molecule has 0 atom stereocenters. The Balaban J connectivity index is 2.08. The third-order valence-electron chi connectivity index (χ3n) is 4.04. The van der Waals surface area contributed by atoms with E-state index >= 15 is 0 Å². The lowest BCUT2D eigenvalue weighted by atomic mass is 10.1. The molecule has 0 aliphatic heterocycles. The SMILES string of the molecule is CN(/N=C/c1cccc2cccnc12)c1c(N([O-])O)cc(N([O-])[O-])cc1N(O)O. The van der Waals surface area contributed by atoms with Gasteiger partial charge in [0.2, 0.25) is 0 Å². The lowest BCUT2D eigenvalue weighted by Gasteiger charge is -2.40. The van der Waals surface area contributed by atoms with Gasteiger partial charge in [-0.2, -0.15) is 5.10 Å². The fourth-order valence-electron chi connectivity index (χ4n) is 2.76. The minimum Gasteiger partial charge on any atom is -0.769 e. The van der Waals surface area contributed by atoms with Crippen molar-refractivity contribution in [3.8, 4) is 0 Å². The molecule has 12 heteroatoms.